The fourth-order valence-electron chi connectivity index (χ4n) is 1.85. The van der Waals surface area contributed by atoms with Crippen LogP contribution in [0.5, 0.6) is 0 Å². The molecule has 0 spiro atoms. The van der Waals surface area contributed by atoms with E-state index in [1.165, 1.54) is 11.3 Å². The lowest BCUT2D eigenvalue weighted by molar-refractivity contribution is 0.299. The summed E-state index contributed by atoms with van der Waals surface area (Å²) < 4.78 is 27.2. The Hall–Kier alpha value is -1.21. The molecular weight excluding hydrogens is 294 g/mol. The number of thiophene rings is 1. The van der Waals surface area contributed by atoms with Gasteiger partial charge in [-0.1, -0.05) is 12.1 Å². The third-order valence-electron chi connectivity index (χ3n) is 3.01. The van der Waals surface area contributed by atoms with Crippen molar-refractivity contribution in [2.45, 2.75) is 24.3 Å². The van der Waals surface area contributed by atoms with Crippen LogP contribution in [0.15, 0.2) is 46.0 Å². The summed E-state index contributed by atoms with van der Waals surface area (Å²) in [5.74, 6) is 0. The van der Waals surface area contributed by atoms with Gasteiger partial charge in [0.1, 0.15) is 0 Å². The Kier molecular flexibility index (Phi) is 4.93. The maximum atomic E-state index is 12.2. The minimum absolute atomic E-state index is 0.0551. The minimum Gasteiger partial charge on any atom is -0.396 e. The van der Waals surface area contributed by atoms with E-state index < -0.39 is 10.0 Å². The SMILES string of the molecule is CC(NS(=O)(=O)c1ccc(CCO)cc1)c1ccsc1. The van der Waals surface area contributed by atoms with Gasteiger partial charge in [0.2, 0.25) is 10.0 Å². The van der Waals surface area contributed by atoms with Crippen LogP contribution in [0.25, 0.3) is 0 Å². The van der Waals surface area contributed by atoms with Gasteiger partial charge in [0.05, 0.1) is 4.90 Å². The molecule has 2 aromatic rings. The number of aliphatic hydroxyl groups is 1. The Labute approximate surface area is 123 Å². The molecule has 2 rings (SSSR count). The molecule has 0 fully saturated rings. The lowest BCUT2D eigenvalue weighted by Crippen LogP contribution is -2.26. The van der Waals surface area contributed by atoms with E-state index >= 15 is 0 Å². The summed E-state index contributed by atoms with van der Waals surface area (Å²) in [6.07, 6.45) is 0.527. The van der Waals surface area contributed by atoms with Crippen molar-refractivity contribution in [3.63, 3.8) is 0 Å². The molecule has 0 amide bonds. The Bertz CT molecular complexity index is 634. The van der Waals surface area contributed by atoms with Crippen LogP contribution in [0.1, 0.15) is 24.1 Å². The number of nitrogens with one attached hydrogen (secondary N) is 1. The van der Waals surface area contributed by atoms with Crippen LogP contribution < -0.4 is 4.72 Å². The van der Waals surface area contributed by atoms with E-state index in [-0.39, 0.29) is 17.5 Å². The third-order valence-corrected chi connectivity index (χ3v) is 5.27. The minimum atomic E-state index is -3.53. The van der Waals surface area contributed by atoms with Gasteiger partial charge in [-0.2, -0.15) is 11.3 Å². The zero-order valence-corrected chi connectivity index (χ0v) is 12.7. The van der Waals surface area contributed by atoms with E-state index in [1.807, 2.05) is 23.8 Å². The lowest BCUT2D eigenvalue weighted by atomic mass is 10.2. The number of aliphatic hydroxyl groups excluding tert-OH is 1. The average Bonchev–Trinajstić information content (AvgIpc) is 2.93. The summed E-state index contributed by atoms with van der Waals surface area (Å²) in [6.45, 7) is 1.87. The molecule has 0 radical (unpaired) electrons. The summed E-state index contributed by atoms with van der Waals surface area (Å²) in [4.78, 5) is 0.237. The second-order valence-electron chi connectivity index (χ2n) is 4.52. The van der Waals surface area contributed by atoms with Crippen molar-refractivity contribution in [1.29, 1.82) is 0 Å². The topological polar surface area (TPSA) is 66.4 Å². The highest BCUT2D eigenvalue weighted by Gasteiger charge is 2.18. The van der Waals surface area contributed by atoms with Crippen LogP contribution in [-0.2, 0) is 16.4 Å². The van der Waals surface area contributed by atoms with Crippen molar-refractivity contribution >= 4 is 21.4 Å². The Morgan fingerprint density at radius 3 is 2.50 bits per heavy atom. The van der Waals surface area contributed by atoms with Gasteiger partial charge in [0.25, 0.3) is 0 Å². The molecule has 20 heavy (non-hydrogen) atoms. The van der Waals surface area contributed by atoms with Crippen molar-refractivity contribution in [2.24, 2.45) is 0 Å². The third kappa shape index (κ3) is 3.67. The van der Waals surface area contributed by atoms with Gasteiger partial charge < -0.3 is 5.11 Å². The van der Waals surface area contributed by atoms with Gasteiger partial charge in [0, 0.05) is 12.6 Å². The maximum absolute atomic E-state index is 12.2. The molecular formula is C14H17NO3S2. The molecule has 0 bridgehead atoms. The lowest BCUT2D eigenvalue weighted by Gasteiger charge is -2.13. The molecule has 6 heteroatoms. The molecule has 0 saturated heterocycles. The standard InChI is InChI=1S/C14H17NO3S2/c1-11(13-7-9-19-10-13)15-20(17,18)14-4-2-12(3-5-14)6-8-16/h2-5,7,9-11,15-16H,6,8H2,1H3. The first kappa shape index (κ1) is 15.2. The van der Waals surface area contributed by atoms with Crippen LogP contribution in [-0.4, -0.2) is 20.1 Å². The van der Waals surface area contributed by atoms with Crippen molar-refractivity contribution in [2.75, 3.05) is 6.61 Å². The van der Waals surface area contributed by atoms with Gasteiger partial charge >= 0.3 is 0 Å². The molecule has 0 aliphatic rings. The van der Waals surface area contributed by atoms with Crippen LogP contribution >= 0.6 is 11.3 Å². The highest BCUT2D eigenvalue weighted by atomic mass is 32.2. The van der Waals surface area contributed by atoms with Crippen LogP contribution in [0.3, 0.4) is 0 Å². The first-order chi connectivity index (χ1) is 9.53. The summed E-state index contributed by atoms with van der Waals surface area (Å²) in [7, 11) is -3.53. The van der Waals surface area contributed by atoms with Crippen molar-refractivity contribution in [3.05, 3.63) is 52.2 Å². The van der Waals surface area contributed by atoms with Gasteiger partial charge in [-0.15, -0.1) is 0 Å². The first-order valence-electron chi connectivity index (χ1n) is 6.27. The van der Waals surface area contributed by atoms with E-state index in [0.29, 0.717) is 6.42 Å². The highest BCUT2D eigenvalue weighted by molar-refractivity contribution is 7.89. The van der Waals surface area contributed by atoms with E-state index in [1.54, 1.807) is 24.3 Å². The molecule has 1 atom stereocenters. The zero-order valence-electron chi connectivity index (χ0n) is 11.1. The molecule has 108 valence electrons. The van der Waals surface area contributed by atoms with Crippen LogP contribution in [0.2, 0.25) is 0 Å². The summed E-state index contributed by atoms with van der Waals surface area (Å²) >= 11 is 1.54. The first-order valence-corrected chi connectivity index (χ1v) is 8.70. The molecule has 1 aromatic heterocycles. The predicted octanol–water partition coefficient (Wildman–Crippen LogP) is 2.32. The number of hydrogen-bond donors (Lipinski definition) is 2. The Balaban J connectivity index is 2.13. The largest absolute Gasteiger partial charge is 0.396 e. The number of rotatable bonds is 6. The molecule has 2 N–H and O–H groups in total. The highest BCUT2D eigenvalue weighted by Crippen LogP contribution is 2.19. The Morgan fingerprint density at radius 1 is 1.25 bits per heavy atom. The number of sulfonamides is 1. The summed E-state index contributed by atoms with van der Waals surface area (Å²) in [6, 6.07) is 8.22. The van der Waals surface area contributed by atoms with Gasteiger partial charge in [0.15, 0.2) is 0 Å². The molecule has 4 nitrogen and oxygen atoms in total. The van der Waals surface area contributed by atoms with E-state index in [9.17, 15) is 8.42 Å². The second-order valence-corrected chi connectivity index (χ2v) is 7.01. The van der Waals surface area contributed by atoms with E-state index in [2.05, 4.69) is 4.72 Å². The molecule has 1 unspecified atom stereocenters. The van der Waals surface area contributed by atoms with Crippen molar-refractivity contribution in [1.82, 2.24) is 4.72 Å². The van der Waals surface area contributed by atoms with E-state index in [4.69, 9.17) is 5.11 Å². The summed E-state index contributed by atoms with van der Waals surface area (Å²) in [5.41, 5.74) is 1.87. The Morgan fingerprint density at radius 2 is 1.95 bits per heavy atom. The predicted molar refractivity (Wildman–Crippen MR) is 80.3 cm³/mol. The molecule has 0 aliphatic heterocycles. The van der Waals surface area contributed by atoms with Gasteiger partial charge in [-0.05, 0) is 53.4 Å². The zero-order chi connectivity index (χ0) is 14.6. The van der Waals surface area contributed by atoms with Crippen LogP contribution in [0, 0.1) is 0 Å². The normalized spacial score (nSPS) is 13.3. The average molecular weight is 311 g/mol. The molecule has 1 aromatic carbocycles. The summed E-state index contributed by atoms with van der Waals surface area (Å²) in [5, 5.41) is 12.7. The van der Waals surface area contributed by atoms with Crippen LogP contribution in [0.4, 0.5) is 0 Å². The number of benzene rings is 1. The maximum Gasteiger partial charge on any atom is 0.241 e. The fraction of sp³-hybridized carbons (Fsp3) is 0.286. The van der Waals surface area contributed by atoms with Gasteiger partial charge in [-0.3, -0.25) is 0 Å². The quantitative estimate of drug-likeness (QED) is 0.860. The monoisotopic (exact) mass is 311 g/mol. The smallest absolute Gasteiger partial charge is 0.241 e. The fourth-order valence-corrected chi connectivity index (χ4v) is 3.84. The van der Waals surface area contributed by atoms with Gasteiger partial charge in [-0.25, -0.2) is 13.1 Å². The molecule has 1 heterocycles. The van der Waals surface area contributed by atoms with E-state index in [0.717, 1.165) is 11.1 Å². The molecule has 0 saturated carbocycles. The second kappa shape index (κ2) is 6.49. The number of hydrogen-bond acceptors (Lipinski definition) is 4. The van der Waals surface area contributed by atoms with Crippen molar-refractivity contribution < 1.29 is 13.5 Å². The molecule has 0 aliphatic carbocycles. The van der Waals surface area contributed by atoms with Crippen molar-refractivity contribution in [3.8, 4) is 0 Å².